The summed E-state index contributed by atoms with van der Waals surface area (Å²) in [4.78, 5) is 16.8. The van der Waals surface area contributed by atoms with Gasteiger partial charge in [-0.05, 0) is 83.9 Å². The maximum absolute atomic E-state index is 12.5. The van der Waals surface area contributed by atoms with Crippen LogP contribution in [-0.4, -0.2) is 47.2 Å². The smallest absolute Gasteiger partial charge is 0.410 e. The lowest BCUT2D eigenvalue weighted by molar-refractivity contribution is 0.00492. The third-order valence-corrected chi connectivity index (χ3v) is 5.47. The Balaban J connectivity index is 2.24. The molecule has 1 saturated carbocycles. The van der Waals surface area contributed by atoms with Crippen molar-refractivity contribution in [1.82, 2.24) is 9.80 Å². The number of hydrogen-bond acceptors (Lipinski definition) is 3. The normalized spacial score (nSPS) is 22.8. The summed E-state index contributed by atoms with van der Waals surface area (Å²) in [6.45, 7) is 20.6. The Morgan fingerprint density at radius 1 is 1.18 bits per heavy atom. The second-order valence-corrected chi connectivity index (χ2v) is 9.03. The van der Waals surface area contributed by atoms with Crippen molar-refractivity contribution in [2.24, 2.45) is 5.92 Å². The predicted molar refractivity (Wildman–Crippen MR) is 117 cm³/mol. The van der Waals surface area contributed by atoms with Gasteiger partial charge in [-0.25, -0.2) is 4.79 Å². The molecule has 4 nitrogen and oxygen atoms in total. The molecule has 0 bridgehead atoms. The maximum atomic E-state index is 12.5. The first kappa shape index (κ1) is 22.3. The van der Waals surface area contributed by atoms with Gasteiger partial charge in [0.15, 0.2) is 0 Å². The SMILES string of the molecule is C=C\C=C(C)/C(C(=C\C)/C1CC1)=C(\C)N1CCN(C(=O)OC(C)(C)C)C(C)C1. The van der Waals surface area contributed by atoms with E-state index in [2.05, 4.69) is 51.3 Å². The van der Waals surface area contributed by atoms with Crippen molar-refractivity contribution in [2.45, 2.75) is 73.0 Å². The van der Waals surface area contributed by atoms with Gasteiger partial charge in [-0.1, -0.05) is 24.8 Å². The highest BCUT2D eigenvalue weighted by atomic mass is 16.6. The quantitative estimate of drug-likeness (QED) is 0.569. The van der Waals surface area contributed by atoms with Gasteiger partial charge in [-0.15, -0.1) is 0 Å². The number of rotatable bonds is 5. The fraction of sp³-hybridized carbons (Fsp3) is 0.625. The van der Waals surface area contributed by atoms with Gasteiger partial charge in [-0.3, -0.25) is 0 Å². The molecule has 1 aliphatic carbocycles. The minimum Gasteiger partial charge on any atom is -0.444 e. The number of piperazine rings is 1. The Kier molecular flexibility index (Phi) is 7.19. The molecule has 1 saturated heterocycles. The monoisotopic (exact) mass is 386 g/mol. The first-order valence-electron chi connectivity index (χ1n) is 10.5. The standard InChI is InChI=1S/C24H38N2O2/c1-9-11-17(3)22(21(10-2)20-12-13-20)19(5)25-14-15-26(18(4)16-25)23(27)28-24(6,7)8/h9-11,18,20H,1,12-16H2,2-8H3/b17-11-,21-10-,22-19-. The molecule has 1 aliphatic heterocycles. The highest BCUT2D eigenvalue weighted by Gasteiger charge is 2.33. The number of allylic oxidation sites excluding steroid dienone is 7. The molecule has 1 atom stereocenters. The lowest BCUT2D eigenvalue weighted by Gasteiger charge is -2.42. The Morgan fingerprint density at radius 2 is 1.82 bits per heavy atom. The Bertz CT molecular complexity index is 690. The van der Waals surface area contributed by atoms with E-state index in [0.29, 0.717) is 12.5 Å². The first-order chi connectivity index (χ1) is 13.1. The number of nitrogens with zero attached hydrogens (tertiary/aromatic N) is 2. The molecular formula is C24H38N2O2. The van der Waals surface area contributed by atoms with Crippen molar-refractivity contribution in [3.63, 3.8) is 0 Å². The summed E-state index contributed by atoms with van der Waals surface area (Å²) in [5, 5.41) is 0. The molecule has 0 radical (unpaired) electrons. The average Bonchev–Trinajstić information content (AvgIpc) is 3.42. The summed E-state index contributed by atoms with van der Waals surface area (Å²) in [6.07, 6.45) is 8.59. The molecule has 0 N–H and O–H groups in total. The molecule has 1 unspecified atom stereocenters. The van der Waals surface area contributed by atoms with Crippen molar-refractivity contribution in [1.29, 1.82) is 0 Å². The number of carbonyl (C=O) groups is 1. The first-order valence-corrected chi connectivity index (χ1v) is 10.5. The van der Waals surface area contributed by atoms with E-state index < -0.39 is 5.60 Å². The van der Waals surface area contributed by atoms with Crippen LogP contribution in [0.15, 0.2) is 47.2 Å². The predicted octanol–water partition coefficient (Wildman–Crippen LogP) is 5.69. The van der Waals surface area contributed by atoms with E-state index in [9.17, 15) is 4.79 Å². The molecule has 28 heavy (non-hydrogen) atoms. The molecule has 4 heteroatoms. The van der Waals surface area contributed by atoms with Gasteiger partial charge in [0, 0.05) is 31.4 Å². The number of hydrogen-bond donors (Lipinski definition) is 0. The van der Waals surface area contributed by atoms with E-state index >= 15 is 0 Å². The van der Waals surface area contributed by atoms with E-state index in [1.54, 1.807) is 0 Å². The van der Waals surface area contributed by atoms with Crippen LogP contribution in [0.5, 0.6) is 0 Å². The van der Waals surface area contributed by atoms with Crippen LogP contribution in [0.25, 0.3) is 0 Å². The number of ether oxygens (including phenoxy) is 1. The molecule has 0 aromatic heterocycles. The Hall–Kier alpha value is -1.97. The summed E-state index contributed by atoms with van der Waals surface area (Å²) in [5.74, 6) is 0.684. The maximum Gasteiger partial charge on any atom is 0.410 e. The summed E-state index contributed by atoms with van der Waals surface area (Å²) in [6, 6.07) is 0.110. The molecule has 2 aliphatic rings. The van der Waals surface area contributed by atoms with E-state index in [-0.39, 0.29) is 12.1 Å². The molecule has 1 heterocycles. The lowest BCUT2D eigenvalue weighted by Crippen LogP contribution is -2.54. The third kappa shape index (κ3) is 5.52. The van der Waals surface area contributed by atoms with Crippen molar-refractivity contribution >= 4 is 6.09 Å². The topological polar surface area (TPSA) is 32.8 Å². The third-order valence-electron chi connectivity index (χ3n) is 5.47. The number of amides is 1. The number of carbonyl (C=O) groups excluding carboxylic acids is 1. The highest BCUT2D eigenvalue weighted by Crippen LogP contribution is 2.43. The summed E-state index contributed by atoms with van der Waals surface area (Å²) >= 11 is 0. The zero-order valence-electron chi connectivity index (χ0n) is 18.8. The minimum absolute atomic E-state index is 0.110. The van der Waals surface area contributed by atoms with Crippen molar-refractivity contribution in [3.05, 3.63) is 47.2 Å². The van der Waals surface area contributed by atoms with Crippen molar-refractivity contribution in [2.75, 3.05) is 19.6 Å². The zero-order chi connectivity index (χ0) is 21.1. The van der Waals surface area contributed by atoms with Gasteiger partial charge in [0.1, 0.15) is 5.60 Å². The second kappa shape index (κ2) is 9.02. The van der Waals surface area contributed by atoms with Crippen LogP contribution in [0.1, 0.15) is 61.3 Å². The van der Waals surface area contributed by atoms with E-state index in [1.807, 2.05) is 31.7 Å². The Labute approximate surface area is 171 Å². The van der Waals surface area contributed by atoms with Gasteiger partial charge in [0.2, 0.25) is 0 Å². The molecule has 2 rings (SSSR count). The lowest BCUT2D eigenvalue weighted by atomic mass is 9.92. The van der Waals surface area contributed by atoms with Gasteiger partial charge in [0.05, 0.1) is 0 Å². The van der Waals surface area contributed by atoms with Crippen molar-refractivity contribution in [3.8, 4) is 0 Å². The molecule has 1 amide bonds. The van der Waals surface area contributed by atoms with Crippen LogP contribution in [0.3, 0.4) is 0 Å². The molecular weight excluding hydrogens is 348 g/mol. The van der Waals surface area contributed by atoms with Crippen LogP contribution >= 0.6 is 0 Å². The van der Waals surface area contributed by atoms with Gasteiger partial charge < -0.3 is 14.5 Å². The van der Waals surface area contributed by atoms with Crippen LogP contribution in [0.4, 0.5) is 4.79 Å². The Morgan fingerprint density at radius 3 is 2.29 bits per heavy atom. The summed E-state index contributed by atoms with van der Waals surface area (Å²) in [5.41, 5.74) is 4.90. The van der Waals surface area contributed by atoms with Crippen LogP contribution < -0.4 is 0 Å². The average molecular weight is 387 g/mol. The second-order valence-electron chi connectivity index (χ2n) is 9.03. The molecule has 0 aromatic carbocycles. The molecule has 156 valence electrons. The fourth-order valence-corrected chi connectivity index (χ4v) is 3.97. The van der Waals surface area contributed by atoms with Crippen LogP contribution in [-0.2, 0) is 4.74 Å². The summed E-state index contributed by atoms with van der Waals surface area (Å²) < 4.78 is 5.58. The molecule has 2 fully saturated rings. The minimum atomic E-state index is -0.464. The van der Waals surface area contributed by atoms with Crippen molar-refractivity contribution < 1.29 is 9.53 Å². The molecule has 0 spiro atoms. The largest absolute Gasteiger partial charge is 0.444 e. The zero-order valence-corrected chi connectivity index (χ0v) is 18.8. The van der Waals surface area contributed by atoms with Crippen LogP contribution in [0, 0.1) is 5.92 Å². The fourth-order valence-electron chi connectivity index (χ4n) is 3.97. The highest BCUT2D eigenvalue weighted by molar-refractivity contribution is 5.68. The van der Waals surface area contributed by atoms with Gasteiger partial charge in [0.25, 0.3) is 0 Å². The van der Waals surface area contributed by atoms with Gasteiger partial charge in [-0.2, -0.15) is 0 Å². The van der Waals surface area contributed by atoms with Crippen LogP contribution in [0.2, 0.25) is 0 Å². The summed E-state index contributed by atoms with van der Waals surface area (Å²) in [7, 11) is 0. The molecule has 0 aromatic rings. The van der Waals surface area contributed by atoms with E-state index in [4.69, 9.17) is 4.74 Å². The van der Waals surface area contributed by atoms with E-state index in [1.165, 1.54) is 35.3 Å². The van der Waals surface area contributed by atoms with E-state index in [0.717, 1.165) is 13.1 Å². The van der Waals surface area contributed by atoms with Gasteiger partial charge >= 0.3 is 6.09 Å².